The molecule has 0 bridgehead atoms. The first-order valence-corrected chi connectivity index (χ1v) is 9.32. The van der Waals surface area contributed by atoms with E-state index in [9.17, 15) is 5.11 Å². The third kappa shape index (κ3) is 4.81. The van der Waals surface area contributed by atoms with Crippen LogP contribution in [0, 0.1) is 0 Å². The van der Waals surface area contributed by atoms with E-state index >= 15 is 0 Å². The first-order chi connectivity index (χ1) is 8.48. The maximum Gasteiger partial charge on any atom is 0.160 e. The highest BCUT2D eigenvalue weighted by Crippen LogP contribution is 2.41. The van der Waals surface area contributed by atoms with E-state index in [1.165, 1.54) is 29.9 Å². The molecule has 2 nitrogen and oxygen atoms in total. The number of aromatic hydroxyl groups is 1. The van der Waals surface area contributed by atoms with Gasteiger partial charge in [-0.05, 0) is 61.0 Å². The Morgan fingerprint density at radius 2 is 1.94 bits per heavy atom. The van der Waals surface area contributed by atoms with E-state index in [-0.39, 0.29) is 5.75 Å². The first-order valence-electron chi connectivity index (χ1n) is 6.53. The standard InChI is InChI=1S/C15H26O2S/c1-5-10-18(3,4)11-6-7-13-8-9-14(16)15(12-13)17-2/h8-9,12,16H,5-7,10-11H2,1-4H3. The molecule has 0 aliphatic heterocycles. The molecule has 0 atom stereocenters. The van der Waals surface area contributed by atoms with Crippen molar-refractivity contribution in [2.45, 2.75) is 26.2 Å². The van der Waals surface area contributed by atoms with E-state index in [0.29, 0.717) is 5.75 Å². The fourth-order valence-corrected chi connectivity index (χ4v) is 4.43. The molecule has 0 spiro atoms. The molecule has 1 aromatic rings. The Balaban J connectivity index is 2.49. The lowest BCUT2D eigenvalue weighted by atomic mass is 10.1. The number of rotatable bonds is 7. The van der Waals surface area contributed by atoms with Gasteiger partial charge in [0.15, 0.2) is 11.5 Å². The van der Waals surface area contributed by atoms with Gasteiger partial charge in [-0.3, -0.25) is 0 Å². The second-order valence-electron chi connectivity index (χ2n) is 5.29. The Labute approximate surface area is 113 Å². The predicted molar refractivity (Wildman–Crippen MR) is 82.4 cm³/mol. The average Bonchev–Trinajstić information content (AvgIpc) is 2.31. The molecule has 0 radical (unpaired) electrons. The van der Waals surface area contributed by atoms with Gasteiger partial charge in [0, 0.05) is 0 Å². The van der Waals surface area contributed by atoms with Gasteiger partial charge in [-0.1, -0.05) is 13.0 Å². The fourth-order valence-electron chi connectivity index (χ4n) is 2.20. The van der Waals surface area contributed by atoms with E-state index < -0.39 is 10.0 Å². The largest absolute Gasteiger partial charge is 0.504 e. The van der Waals surface area contributed by atoms with Crippen LogP contribution in [0.3, 0.4) is 0 Å². The van der Waals surface area contributed by atoms with Crippen LogP contribution in [0.1, 0.15) is 25.3 Å². The third-order valence-corrected chi connectivity index (χ3v) is 6.07. The van der Waals surface area contributed by atoms with Gasteiger partial charge in [0.05, 0.1) is 7.11 Å². The van der Waals surface area contributed by atoms with Crippen molar-refractivity contribution in [3.8, 4) is 11.5 Å². The van der Waals surface area contributed by atoms with Crippen molar-refractivity contribution in [1.82, 2.24) is 0 Å². The molecule has 3 heteroatoms. The number of phenolic OH excluding ortho intramolecular Hbond substituents is 1. The predicted octanol–water partition coefficient (Wildman–Crippen LogP) is 3.81. The zero-order valence-corrected chi connectivity index (χ0v) is 12.8. The number of benzene rings is 1. The van der Waals surface area contributed by atoms with Crippen LogP contribution in [-0.4, -0.2) is 36.2 Å². The first kappa shape index (κ1) is 15.2. The lowest BCUT2D eigenvalue weighted by molar-refractivity contribution is 0.373. The van der Waals surface area contributed by atoms with Crippen LogP contribution in [0.25, 0.3) is 0 Å². The summed E-state index contributed by atoms with van der Waals surface area (Å²) in [7, 11) is 1.18. The average molecular weight is 270 g/mol. The van der Waals surface area contributed by atoms with Crippen molar-refractivity contribution in [2.75, 3.05) is 31.1 Å². The molecule has 0 unspecified atom stereocenters. The Kier molecular flexibility index (Phi) is 5.86. The van der Waals surface area contributed by atoms with E-state index in [4.69, 9.17) is 4.74 Å². The molecule has 0 aromatic heterocycles. The summed E-state index contributed by atoms with van der Waals surface area (Å²) in [6.45, 7) is 2.26. The maximum atomic E-state index is 9.54. The lowest BCUT2D eigenvalue weighted by Crippen LogP contribution is -2.06. The van der Waals surface area contributed by atoms with E-state index in [0.717, 1.165) is 6.42 Å². The van der Waals surface area contributed by atoms with Gasteiger partial charge in [-0.15, -0.1) is 0 Å². The maximum absolute atomic E-state index is 9.54. The third-order valence-electron chi connectivity index (χ3n) is 3.16. The zero-order chi connectivity index (χ0) is 13.6. The molecule has 1 N–H and O–H groups in total. The normalized spacial score (nSPS) is 12.4. The van der Waals surface area contributed by atoms with Gasteiger partial charge in [-0.25, -0.2) is 10.0 Å². The molecular weight excluding hydrogens is 244 g/mol. The van der Waals surface area contributed by atoms with Crippen molar-refractivity contribution in [3.05, 3.63) is 23.8 Å². The van der Waals surface area contributed by atoms with Crippen molar-refractivity contribution < 1.29 is 9.84 Å². The minimum absolute atomic E-state index is 0.221. The van der Waals surface area contributed by atoms with Crippen LogP contribution in [-0.2, 0) is 6.42 Å². The second kappa shape index (κ2) is 6.93. The smallest absolute Gasteiger partial charge is 0.160 e. The number of hydrogen-bond acceptors (Lipinski definition) is 2. The lowest BCUT2D eigenvalue weighted by Gasteiger charge is -2.30. The van der Waals surface area contributed by atoms with E-state index in [1.54, 1.807) is 13.2 Å². The number of phenols is 1. The monoisotopic (exact) mass is 270 g/mol. The summed E-state index contributed by atoms with van der Waals surface area (Å²) in [5.74, 6) is 3.49. The number of methoxy groups -OCH3 is 1. The molecule has 104 valence electrons. The summed E-state index contributed by atoms with van der Waals surface area (Å²) in [4.78, 5) is 0. The molecule has 0 aliphatic carbocycles. The fraction of sp³-hybridized carbons (Fsp3) is 0.600. The summed E-state index contributed by atoms with van der Waals surface area (Å²) in [5, 5.41) is 9.54. The van der Waals surface area contributed by atoms with Crippen LogP contribution < -0.4 is 4.74 Å². The molecular formula is C15H26O2S. The summed E-state index contributed by atoms with van der Waals surface area (Å²) in [6.07, 6.45) is 8.42. The molecule has 0 heterocycles. The quantitative estimate of drug-likeness (QED) is 0.816. The Morgan fingerprint density at radius 1 is 1.22 bits per heavy atom. The summed E-state index contributed by atoms with van der Waals surface area (Å²) in [6, 6.07) is 5.65. The van der Waals surface area contributed by atoms with Gasteiger partial charge in [0.2, 0.25) is 0 Å². The summed E-state index contributed by atoms with van der Waals surface area (Å²) >= 11 is 0. The number of ether oxygens (including phenoxy) is 1. The Morgan fingerprint density at radius 3 is 2.56 bits per heavy atom. The van der Waals surface area contributed by atoms with Gasteiger partial charge in [0.1, 0.15) is 0 Å². The second-order valence-corrected chi connectivity index (χ2v) is 9.64. The Hall–Kier alpha value is -0.830. The topological polar surface area (TPSA) is 29.5 Å². The van der Waals surface area contributed by atoms with Crippen LogP contribution in [0.15, 0.2) is 18.2 Å². The molecule has 0 saturated heterocycles. The minimum Gasteiger partial charge on any atom is -0.504 e. The van der Waals surface area contributed by atoms with Crippen LogP contribution in [0.2, 0.25) is 0 Å². The van der Waals surface area contributed by atoms with Gasteiger partial charge < -0.3 is 9.84 Å². The highest BCUT2D eigenvalue weighted by Gasteiger charge is 2.10. The SMILES string of the molecule is CCCS(C)(C)CCCc1ccc(O)c(OC)c1. The summed E-state index contributed by atoms with van der Waals surface area (Å²) < 4.78 is 5.13. The van der Waals surface area contributed by atoms with Gasteiger partial charge in [0.25, 0.3) is 0 Å². The van der Waals surface area contributed by atoms with E-state index in [2.05, 4.69) is 19.4 Å². The van der Waals surface area contributed by atoms with Gasteiger partial charge >= 0.3 is 0 Å². The van der Waals surface area contributed by atoms with Crippen molar-refractivity contribution in [1.29, 1.82) is 0 Å². The molecule has 0 fully saturated rings. The minimum atomic E-state index is -0.406. The van der Waals surface area contributed by atoms with E-state index in [1.807, 2.05) is 12.1 Å². The van der Waals surface area contributed by atoms with Crippen LogP contribution in [0.5, 0.6) is 11.5 Å². The highest BCUT2D eigenvalue weighted by molar-refractivity contribution is 8.32. The van der Waals surface area contributed by atoms with Gasteiger partial charge in [-0.2, -0.15) is 0 Å². The zero-order valence-electron chi connectivity index (χ0n) is 12.0. The number of hydrogen-bond donors (Lipinski definition) is 1. The number of aryl methyl sites for hydroxylation is 1. The van der Waals surface area contributed by atoms with Crippen LogP contribution >= 0.6 is 10.0 Å². The molecule has 18 heavy (non-hydrogen) atoms. The molecule has 0 saturated carbocycles. The molecule has 0 amide bonds. The highest BCUT2D eigenvalue weighted by atomic mass is 32.3. The van der Waals surface area contributed by atoms with Crippen molar-refractivity contribution >= 4 is 10.0 Å². The van der Waals surface area contributed by atoms with Crippen LogP contribution in [0.4, 0.5) is 0 Å². The molecule has 1 aromatic carbocycles. The molecule has 0 aliphatic rings. The summed E-state index contributed by atoms with van der Waals surface area (Å²) in [5.41, 5.74) is 1.25. The Bertz CT molecular complexity index is 375. The van der Waals surface area contributed by atoms with Crippen molar-refractivity contribution in [2.24, 2.45) is 0 Å². The van der Waals surface area contributed by atoms with Crippen molar-refractivity contribution in [3.63, 3.8) is 0 Å². The molecule has 1 rings (SSSR count).